The smallest absolute Gasteiger partial charge is 0.256 e. The van der Waals surface area contributed by atoms with Crippen LogP contribution in [0.15, 0.2) is 36.8 Å². The molecule has 0 bridgehead atoms. The second-order valence-electron chi connectivity index (χ2n) is 7.89. The first-order valence-electron chi connectivity index (χ1n) is 10.4. The lowest BCUT2D eigenvalue weighted by Gasteiger charge is -2.20. The molecule has 8 nitrogen and oxygen atoms in total. The van der Waals surface area contributed by atoms with Gasteiger partial charge in [0.2, 0.25) is 0 Å². The average Bonchev–Trinajstić information content (AvgIpc) is 3.44. The van der Waals surface area contributed by atoms with Gasteiger partial charge >= 0.3 is 0 Å². The number of rotatable bonds is 4. The monoisotopic (exact) mass is 403 g/mol. The van der Waals surface area contributed by atoms with Gasteiger partial charge in [-0.15, -0.1) is 0 Å². The molecule has 1 atom stereocenters. The zero-order chi connectivity index (χ0) is 20.8. The summed E-state index contributed by atoms with van der Waals surface area (Å²) in [6.07, 6.45) is 7.91. The van der Waals surface area contributed by atoms with E-state index in [2.05, 4.69) is 33.4 Å². The third kappa shape index (κ3) is 3.13. The minimum absolute atomic E-state index is 0.198. The predicted molar refractivity (Wildman–Crippen MR) is 116 cm³/mol. The largest absolute Gasteiger partial charge is 0.305 e. The van der Waals surface area contributed by atoms with Crippen molar-refractivity contribution in [3.05, 3.63) is 53.7 Å². The molecule has 4 heterocycles. The number of imidazole rings is 1. The molecule has 1 aliphatic rings. The number of aromatic nitrogens is 5. The zero-order valence-electron chi connectivity index (χ0n) is 17.5. The summed E-state index contributed by atoms with van der Waals surface area (Å²) in [6.45, 7) is 6.30. The number of fused-ring (bicyclic) bond motifs is 2. The molecule has 1 N–H and O–H groups in total. The van der Waals surface area contributed by atoms with Crippen LogP contribution in [0.2, 0.25) is 0 Å². The fourth-order valence-electron chi connectivity index (χ4n) is 4.45. The summed E-state index contributed by atoms with van der Waals surface area (Å²) in [5.74, 6) is 0.299. The Morgan fingerprint density at radius 1 is 1.30 bits per heavy atom. The van der Waals surface area contributed by atoms with Crippen molar-refractivity contribution >= 4 is 28.3 Å². The van der Waals surface area contributed by atoms with Crippen LogP contribution in [0.4, 0.5) is 5.82 Å². The van der Waals surface area contributed by atoms with Gasteiger partial charge in [0.05, 0.1) is 35.3 Å². The number of likely N-dealkylation sites (tertiary alicyclic amines) is 1. The number of aryl methyl sites for hydroxylation is 2. The highest BCUT2D eigenvalue weighted by atomic mass is 16.1. The van der Waals surface area contributed by atoms with Gasteiger partial charge < -0.3 is 9.72 Å². The van der Waals surface area contributed by atoms with Crippen LogP contribution in [0.25, 0.3) is 16.6 Å². The molecule has 30 heavy (non-hydrogen) atoms. The van der Waals surface area contributed by atoms with E-state index in [-0.39, 0.29) is 5.91 Å². The highest BCUT2D eigenvalue weighted by Crippen LogP contribution is 2.31. The molecule has 1 saturated heterocycles. The lowest BCUT2D eigenvalue weighted by atomic mass is 10.1. The Balaban J connectivity index is 1.40. The molecule has 0 saturated carbocycles. The second-order valence-corrected chi connectivity index (χ2v) is 7.89. The molecule has 1 aliphatic heterocycles. The number of nitrogens with one attached hydrogen (secondary N) is 1. The van der Waals surface area contributed by atoms with E-state index in [9.17, 15) is 4.79 Å². The highest BCUT2D eigenvalue weighted by Gasteiger charge is 2.26. The third-order valence-corrected chi connectivity index (χ3v) is 6.01. The topological polar surface area (TPSA) is 80.4 Å². The van der Waals surface area contributed by atoms with Crippen LogP contribution in [0.3, 0.4) is 0 Å². The molecular weight excluding hydrogens is 378 g/mol. The summed E-state index contributed by atoms with van der Waals surface area (Å²) in [4.78, 5) is 24.4. The highest BCUT2D eigenvalue weighted by molar-refractivity contribution is 6.05. The van der Waals surface area contributed by atoms with E-state index < -0.39 is 0 Å². The zero-order valence-corrected chi connectivity index (χ0v) is 17.5. The average molecular weight is 403 g/mol. The van der Waals surface area contributed by atoms with Crippen molar-refractivity contribution < 1.29 is 4.79 Å². The van der Waals surface area contributed by atoms with Crippen molar-refractivity contribution in [2.24, 2.45) is 7.05 Å². The van der Waals surface area contributed by atoms with Crippen LogP contribution >= 0.6 is 0 Å². The van der Waals surface area contributed by atoms with Crippen LogP contribution in [0.5, 0.6) is 0 Å². The fraction of sp³-hybridized carbons (Fsp3) is 0.364. The fourth-order valence-corrected chi connectivity index (χ4v) is 4.45. The molecule has 0 spiro atoms. The van der Waals surface area contributed by atoms with Gasteiger partial charge in [-0.2, -0.15) is 5.10 Å². The van der Waals surface area contributed by atoms with Crippen molar-refractivity contribution in [2.75, 3.05) is 18.4 Å². The molecule has 5 rings (SSSR count). The first-order valence-corrected chi connectivity index (χ1v) is 10.4. The number of carbonyl (C=O) groups excluding carboxylic acids is 1. The van der Waals surface area contributed by atoms with E-state index in [1.54, 1.807) is 10.9 Å². The summed E-state index contributed by atoms with van der Waals surface area (Å²) in [6, 6.07) is 5.98. The maximum absolute atomic E-state index is 12.8. The minimum atomic E-state index is -0.198. The van der Waals surface area contributed by atoms with Gasteiger partial charge in [-0.25, -0.2) is 9.97 Å². The first kappa shape index (κ1) is 18.7. The second kappa shape index (κ2) is 7.21. The molecular formula is C22H25N7O. The third-order valence-electron chi connectivity index (χ3n) is 6.01. The van der Waals surface area contributed by atoms with Crippen molar-refractivity contribution in [2.45, 2.75) is 32.7 Å². The molecule has 1 fully saturated rings. The van der Waals surface area contributed by atoms with Crippen molar-refractivity contribution in [1.29, 1.82) is 0 Å². The van der Waals surface area contributed by atoms with Crippen molar-refractivity contribution in [1.82, 2.24) is 29.0 Å². The van der Waals surface area contributed by atoms with Gasteiger partial charge in [-0.1, -0.05) is 13.0 Å². The molecule has 0 unspecified atom stereocenters. The molecule has 4 aromatic rings. The number of nitrogens with zero attached hydrogens (tertiary/aromatic N) is 6. The number of anilines is 1. The predicted octanol–water partition coefficient (Wildman–Crippen LogP) is 3.33. The number of carbonyl (C=O) groups is 1. The molecule has 154 valence electrons. The standard InChI is InChI=1S/C22H25N7O/c1-4-28-9-5-6-18(28)17-12-29-13-20(23-11-21(29)24-17)25-22(30)15-7-8-16-14(2)26-27(3)19(16)10-15/h7-8,10-13,18H,4-6,9H2,1-3H3,(H,25,30)/t18-/m1/s1. The van der Waals surface area contributed by atoms with Gasteiger partial charge in [0.1, 0.15) is 5.82 Å². The first-order chi connectivity index (χ1) is 14.5. The molecule has 1 amide bonds. The van der Waals surface area contributed by atoms with Crippen LogP contribution in [0, 0.1) is 6.92 Å². The normalized spacial score (nSPS) is 17.2. The van der Waals surface area contributed by atoms with E-state index >= 15 is 0 Å². The van der Waals surface area contributed by atoms with Gasteiger partial charge in [0, 0.05) is 24.2 Å². The Morgan fingerprint density at radius 2 is 2.17 bits per heavy atom. The quantitative estimate of drug-likeness (QED) is 0.565. The maximum Gasteiger partial charge on any atom is 0.256 e. The number of benzene rings is 1. The Kier molecular flexibility index (Phi) is 4.51. The van der Waals surface area contributed by atoms with Crippen LogP contribution in [-0.4, -0.2) is 48.0 Å². The van der Waals surface area contributed by atoms with E-state index in [1.165, 1.54) is 6.42 Å². The summed E-state index contributed by atoms with van der Waals surface area (Å²) < 4.78 is 3.74. The van der Waals surface area contributed by atoms with Crippen molar-refractivity contribution in [3.63, 3.8) is 0 Å². The van der Waals surface area contributed by atoms with Crippen LogP contribution in [-0.2, 0) is 7.05 Å². The molecule has 0 aliphatic carbocycles. The lowest BCUT2D eigenvalue weighted by molar-refractivity contribution is 0.102. The Labute approximate surface area is 174 Å². The van der Waals surface area contributed by atoms with E-state index in [0.717, 1.165) is 47.4 Å². The van der Waals surface area contributed by atoms with Gasteiger partial charge in [-0.3, -0.25) is 14.4 Å². The van der Waals surface area contributed by atoms with E-state index in [4.69, 9.17) is 4.98 Å². The molecule has 1 aromatic carbocycles. The molecule has 0 radical (unpaired) electrons. The summed E-state index contributed by atoms with van der Waals surface area (Å²) in [7, 11) is 1.88. The summed E-state index contributed by atoms with van der Waals surface area (Å²) in [5.41, 5.74) is 4.31. The number of amides is 1. The summed E-state index contributed by atoms with van der Waals surface area (Å²) >= 11 is 0. The lowest BCUT2D eigenvalue weighted by Crippen LogP contribution is -2.22. The SMILES string of the molecule is CCN1CCC[C@@H]1c1cn2cc(NC(=O)c3ccc4c(C)nn(C)c4c3)ncc2n1. The Bertz CT molecular complexity index is 1260. The van der Waals surface area contributed by atoms with E-state index in [0.29, 0.717) is 17.4 Å². The summed E-state index contributed by atoms with van der Waals surface area (Å²) in [5, 5.41) is 8.36. The molecule has 3 aromatic heterocycles. The Hall–Kier alpha value is -3.26. The molecule has 8 heteroatoms. The minimum Gasteiger partial charge on any atom is -0.305 e. The van der Waals surface area contributed by atoms with Gasteiger partial charge in [0.15, 0.2) is 5.65 Å². The maximum atomic E-state index is 12.8. The van der Waals surface area contributed by atoms with Crippen molar-refractivity contribution in [3.8, 4) is 0 Å². The van der Waals surface area contributed by atoms with Crippen LogP contribution < -0.4 is 5.32 Å². The van der Waals surface area contributed by atoms with Gasteiger partial charge in [-0.05, 0) is 45.0 Å². The van der Waals surface area contributed by atoms with Gasteiger partial charge in [0.25, 0.3) is 5.91 Å². The van der Waals surface area contributed by atoms with Crippen LogP contribution in [0.1, 0.15) is 47.6 Å². The number of hydrogen-bond acceptors (Lipinski definition) is 5. The number of hydrogen-bond donors (Lipinski definition) is 1. The Morgan fingerprint density at radius 3 is 3.00 bits per heavy atom. The van der Waals surface area contributed by atoms with E-state index in [1.807, 2.05) is 42.8 Å².